The molecule has 1 amide bonds. The molecule has 8 nitrogen and oxygen atoms in total. The first-order chi connectivity index (χ1) is 15.9. The summed E-state index contributed by atoms with van der Waals surface area (Å²) in [6.45, 7) is 1.77. The van der Waals surface area contributed by atoms with Crippen LogP contribution >= 0.6 is 24.0 Å². The van der Waals surface area contributed by atoms with Crippen molar-refractivity contribution in [3.63, 3.8) is 0 Å². The van der Waals surface area contributed by atoms with Gasteiger partial charge in [-0.3, -0.25) is 24.8 Å². The van der Waals surface area contributed by atoms with Crippen LogP contribution in [0.3, 0.4) is 0 Å². The summed E-state index contributed by atoms with van der Waals surface area (Å²) in [5, 5.41) is 20.9. The van der Waals surface area contributed by atoms with E-state index in [0.29, 0.717) is 12.1 Å². The van der Waals surface area contributed by atoms with E-state index in [-0.39, 0.29) is 28.6 Å². The quantitative estimate of drug-likeness (QED) is 0.246. The number of aliphatic hydroxyl groups is 1. The summed E-state index contributed by atoms with van der Waals surface area (Å²) in [5.74, 6) is -0.616. The van der Waals surface area contributed by atoms with Gasteiger partial charge in [0.1, 0.15) is 17.7 Å². The largest absolute Gasteiger partial charge is 0.477 e. The molecule has 0 unspecified atom stereocenters. The molecule has 0 spiro atoms. The number of β-lactam (4-membered cyclic amide) rings is 1. The van der Waals surface area contributed by atoms with Crippen molar-refractivity contribution in [1.29, 1.82) is 0 Å². The minimum absolute atomic E-state index is 0.00426. The van der Waals surface area contributed by atoms with E-state index < -0.39 is 16.9 Å². The normalized spacial score (nSPS) is 20.3. The van der Waals surface area contributed by atoms with E-state index in [0.717, 1.165) is 29.0 Å². The summed E-state index contributed by atoms with van der Waals surface area (Å²) >= 11 is 7.11. The number of amides is 1. The molecule has 33 heavy (non-hydrogen) atoms. The van der Waals surface area contributed by atoms with Gasteiger partial charge in [0.05, 0.1) is 16.9 Å². The van der Waals surface area contributed by atoms with Gasteiger partial charge in [-0.05, 0) is 68.2 Å². The van der Waals surface area contributed by atoms with Crippen LogP contribution in [0, 0.1) is 16.0 Å². The fraction of sp³-hybridized carbons (Fsp3) is 0.348. The highest BCUT2D eigenvalue weighted by Crippen LogP contribution is 2.52. The summed E-state index contributed by atoms with van der Waals surface area (Å²) in [5.41, 5.74) is 2.34. The van der Waals surface area contributed by atoms with Crippen molar-refractivity contribution in [2.24, 2.45) is 5.92 Å². The number of aromatic nitrogens is 1. The maximum atomic E-state index is 12.7. The predicted octanol–water partition coefficient (Wildman–Crippen LogP) is 3.98. The number of fused-ring (bicyclic) bond motifs is 1. The number of non-ortho nitro benzene ring substituents is 1. The molecule has 1 N–H and O–H groups in total. The zero-order valence-corrected chi connectivity index (χ0v) is 19.6. The van der Waals surface area contributed by atoms with E-state index in [1.165, 1.54) is 12.1 Å². The lowest BCUT2D eigenvalue weighted by Crippen LogP contribution is -2.60. The Morgan fingerprint density at radius 3 is 2.70 bits per heavy atom. The van der Waals surface area contributed by atoms with Gasteiger partial charge in [-0.15, -0.1) is 11.8 Å². The van der Waals surface area contributed by atoms with Gasteiger partial charge in [-0.25, -0.2) is 0 Å². The Kier molecular flexibility index (Phi) is 7.06. The number of aliphatic hydroxyl groups excluding tert-OH is 1. The predicted molar refractivity (Wildman–Crippen MR) is 128 cm³/mol. The number of carbonyl (C=O) groups excluding carboxylic acids is 1. The Balaban J connectivity index is 1.46. The van der Waals surface area contributed by atoms with Gasteiger partial charge in [-0.2, -0.15) is 0 Å². The Morgan fingerprint density at radius 2 is 2.06 bits per heavy atom. The van der Waals surface area contributed by atoms with E-state index in [1.807, 2.05) is 18.2 Å². The molecule has 1 aromatic carbocycles. The van der Waals surface area contributed by atoms with Crippen LogP contribution in [0.1, 0.15) is 31.0 Å². The number of nitro groups is 1. The van der Waals surface area contributed by atoms with Crippen molar-refractivity contribution >= 4 is 40.6 Å². The fourth-order valence-corrected chi connectivity index (χ4v) is 5.93. The second-order valence-corrected chi connectivity index (χ2v) is 9.51. The second kappa shape index (κ2) is 9.98. The Bertz CT molecular complexity index is 1090. The van der Waals surface area contributed by atoms with Gasteiger partial charge < -0.3 is 9.84 Å². The number of pyridine rings is 1. The van der Waals surface area contributed by atoms with E-state index in [2.05, 4.69) is 4.98 Å². The van der Waals surface area contributed by atoms with E-state index in [4.69, 9.17) is 17.0 Å². The first kappa shape index (κ1) is 23.3. The zero-order chi connectivity index (χ0) is 23.5. The minimum atomic E-state index is -0.741. The fourth-order valence-electron chi connectivity index (χ4n) is 3.93. The van der Waals surface area contributed by atoms with Crippen LogP contribution in [0.5, 0.6) is 0 Å². The Labute approximate surface area is 200 Å². The molecule has 172 valence electrons. The maximum absolute atomic E-state index is 12.7. The van der Waals surface area contributed by atoms with Crippen molar-refractivity contribution in [3.05, 3.63) is 80.6 Å². The number of aryl methyl sites for hydroxylation is 1. The molecule has 0 aliphatic carbocycles. The van der Waals surface area contributed by atoms with Crippen molar-refractivity contribution < 1.29 is 19.6 Å². The van der Waals surface area contributed by atoms with Gasteiger partial charge in [0.15, 0.2) is 0 Å². The number of rotatable bonds is 9. The first-order valence-corrected chi connectivity index (χ1v) is 11.9. The number of thiocarbonyl (C=S) groups is 1. The van der Waals surface area contributed by atoms with Crippen molar-refractivity contribution in [2.45, 2.75) is 44.3 Å². The smallest absolute Gasteiger partial charge is 0.269 e. The molecular weight excluding hydrogens is 462 g/mol. The van der Waals surface area contributed by atoms with Gasteiger partial charge in [0.2, 0.25) is 11.0 Å². The summed E-state index contributed by atoms with van der Waals surface area (Å²) in [4.78, 5) is 30.1. The molecule has 3 heterocycles. The monoisotopic (exact) mass is 485 g/mol. The standard InChI is InChI=1S/C23H23N3O5S2/c1-14(27)19-21(28)25-20(23(32)31-13-15-8-10-17(11-9-15)26(29)30)18(33-22(19)25)7-4-6-16-5-2-3-12-24-16/h2-3,5,8-12,14,19,22,27H,4,6-7,13H2,1H3/t14-,19+,22+/m0/s1. The number of hydrogen-bond acceptors (Lipinski definition) is 8. The topological polar surface area (TPSA) is 106 Å². The number of benzene rings is 1. The number of ether oxygens (including phenoxy) is 1. The van der Waals surface area contributed by atoms with Crippen LogP contribution in [0.4, 0.5) is 5.69 Å². The van der Waals surface area contributed by atoms with E-state index in [9.17, 15) is 20.0 Å². The molecule has 1 aromatic heterocycles. The lowest BCUT2D eigenvalue weighted by Gasteiger charge is -2.44. The Hall–Kier alpha value is -2.82. The average Bonchev–Trinajstić information content (AvgIpc) is 3.12. The number of hydrogen-bond donors (Lipinski definition) is 1. The number of nitrogens with zero attached hydrogens (tertiary/aromatic N) is 3. The third kappa shape index (κ3) is 4.92. The summed E-state index contributed by atoms with van der Waals surface area (Å²) < 4.78 is 5.83. The van der Waals surface area contributed by atoms with Gasteiger partial charge in [0, 0.05) is 28.9 Å². The molecule has 2 aliphatic heterocycles. The van der Waals surface area contributed by atoms with Crippen LogP contribution in [-0.4, -0.2) is 42.3 Å². The van der Waals surface area contributed by atoms with Crippen LogP contribution < -0.4 is 0 Å². The third-order valence-corrected chi connectivity index (χ3v) is 7.38. The minimum Gasteiger partial charge on any atom is -0.477 e. The lowest BCUT2D eigenvalue weighted by atomic mass is 9.92. The van der Waals surface area contributed by atoms with Crippen LogP contribution in [0.2, 0.25) is 0 Å². The molecule has 3 atom stereocenters. The molecule has 10 heteroatoms. The highest BCUT2D eigenvalue weighted by Gasteiger charge is 2.56. The van der Waals surface area contributed by atoms with Crippen molar-refractivity contribution in [3.8, 4) is 0 Å². The number of carbonyl (C=O) groups is 1. The van der Waals surface area contributed by atoms with Crippen molar-refractivity contribution in [2.75, 3.05) is 0 Å². The SMILES string of the molecule is C[C@H](O)[C@@H]1C(=O)N2C(C(=S)OCc3ccc([N+](=O)[O-])cc3)=C(CCCc3ccccn3)S[C@H]12. The van der Waals surface area contributed by atoms with Crippen LogP contribution in [-0.2, 0) is 22.6 Å². The highest BCUT2D eigenvalue weighted by atomic mass is 32.2. The summed E-state index contributed by atoms with van der Waals surface area (Å²) in [6, 6.07) is 11.9. The third-order valence-electron chi connectivity index (χ3n) is 5.65. The van der Waals surface area contributed by atoms with Crippen LogP contribution in [0.25, 0.3) is 0 Å². The number of thioether (sulfide) groups is 1. The van der Waals surface area contributed by atoms with Crippen molar-refractivity contribution in [1.82, 2.24) is 9.88 Å². The first-order valence-electron chi connectivity index (χ1n) is 10.6. The maximum Gasteiger partial charge on any atom is 0.269 e. The molecule has 0 bridgehead atoms. The molecule has 1 saturated heterocycles. The summed E-state index contributed by atoms with van der Waals surface area (Å²) in [6.07, 6.45) is 3.37. The number of allylic oxidation sites excluding steroid dienone is 1. The highest BCUT2D eigenvalue weighted by molar-refractivity contribution is 8.04. The molecule has 4 rings (SSSR count). The average molecular weight is 486 g/mol. The van der Waals surface area contributed by atoms with E-state index >= 15 is 0 Å². The molecule has 0 radical (unpaired) electrons. The number of nitro benzene ring substituents is 1. The molecular formula is C23H23N3O5S2. The van der Waals surface area contributed by atoms with Crippen LogP contribution in [0.15, 0.2) is 59.3 Å². The van der Waals surface area contributed by atoms with Gasteiger partial charge in [0.25, 0.3) is 5.69 Å². The molecule has 1 fully saturated rings. The molecule has 0 saturated carbocycles. The Morgan fingerprint density at radius 1 is 1.30 bits per heavy atom. The van der Waals surface area contributed by atoms with Gasteiger partial charge in [-0.1, -0.05) is 6.07 Å². The second-order valence-electron chi connectivity index (χ2n) is 7.93. The molecule has 2 aromatic rings. The lowest BCUT2D eigenvalue weighted by molar-refractivity contribution is -0.384. The molecule has 2 aliphatic rings. The van der Waals surface area contributed by atoms with E-state index in [1.54, 1.807) is 41.9 Å². The van der Waals surface area contributed by atoms with Gasteiger partial charge >= 0.3 is 0 Å². The zero-order valence-electron chi connectivity index (χ0n) is 17.9. The summed E-state index contributed by atoms with van der Waals surface area (Å²) in [7, 11) is 0.